The summed E-state index contributed by atoms with van der Waals surface area (Å²) in [5, 5.41) is 13.6. The van der Waals surface area contributed by atoms with Crippen LogP contribution < -0.4 is 5.32 Å². The van der Waals surface area contributed by atoms with Gasteiger partial charge in [0.1, 0.15) is 11.7 Å². The molecule has 0 saturated carbocycles. The van der Waals surface area contributed by atoms with Crippen LogP contribution in [-0.4, -0.2) is 30.3 Å². The lowest BCUT2D eigenvalue weighted by molar-refractivity contribution is -0.131. The van der Waals surface area contributed by atoms with Crippen LogP contribution in [0, 0.1) is 0 Å². The fourth-order valence-corrected chi connectivity index (χ4v) is 2.49. The van der Waals surface area contributed by atoms with E-state index >= 15 is 0 Å². The van der Waals surface area contributed by atoms with E-state index in [1.807, 2.05) is 0 Å². The normalized spacial score (nSPS) is 21.9. The van der Waals surface area contributed by atoms with Crippen molar-refractivity contribution in [1.29, 1.82) is 0 Å². The van der Waals surface area contributed by atoms with Crippen molar-refractivity contribution in [2.45, 2.75) is 31.5 Å². The first-order valence-electron chi connectivity index (χ1n) is 6.37. The van der Waals surface area contributed by atoms with Crippen molar-refractivity contribution in [2.75, 3.05) is 13.2 Å². The van der Waals surface area contributed by atoms with Gasteiger partial charge in [-0.05, 0) is 25.8 Å². The maximum absolute atomic E-state index is 11.8. The molecule has 1 amide bonds. The molecule has 1 aliphatic rings. The summed E-state index contributed by atoms with van der Waals surface area (Å²) < 4.78 is 5.29. The van der Waals surface area contributed by atoms with Gasteiger partial charge >= 0.3 is 0 Å². The molecule has 2 rings (SSSR count). The SMILES string of the molecule is CC(O)(CNC(=O)C1CCCO1)c1ccccc1Cl. The van der Waals surface area contributed by atoms with Crippen LogP contribution in [-0.2, 0) is 15.1 Å². The number of hydrogen-bond donors (Lipinski definition) is 2. The molecule has 0 bridgehead atoms. The summed E-state index contributed by atoms with van der Waals surface area (Å²) in [6, 6.07) is 7.07. The number of hydrogen-bond acceptors (Lipinski definition) is 3. The highest BCUT2D eigenvalue weighted by Crippen LogP contribution is 2.27. The van der Waals surface area contributed by atoms with Crippen molar-refractivity contribution in [3.63, 3.8) is 0 Å². The van der Waals surface area contributed by atoms with E-state index in [4.69, 9.17) is 16.3 Å². The zero-order valence-electron chi connectivity index (χ0n) is 10.9. The van der Waals surface area contributed by atoms with Crippen molar-refractivity contribution >= 4 is 17.5 Å². The van der Waals surface area contributed by atoms with Crippen LogP contribution in [0.4, 0.5) is 0 Å². The molecule has 104 valence electrons. The smallest absolute Gasteiger partial charge is 0.249 e. The Morgan fingerprint density at radius 3 is 2.95 bits per heavy atom. The summed E-state index contributed by atoms with van der Waals surface area (Å²) >= 11 is 6.05. The van der Waals surface area contributed by atoms with Crippen LogP contribution in [0.15, 0.2) is 24.3 Å². The van der Waals surface area contributed by atoms with E-state index in [-0.39, 0.29) is 18.6 Å². The number of halogens is 1. The van der Waals surface area contributed by atoms with E-state index in [0.717, 1.165) is 12.8 Å². The molecule has 1 aromatic carbocycles. The summed E-state index contributed by atoms with van der Waals surface area (Å²) in [5.74, 6) is -0.176. The summed E-state index contributed by atoms with van der Waals surface area (Å²) in [5.41, 5.74) is -0.601. The molecular weight excluding hydrogens is 266 g/mol. The topological polar surface area (TPSA) is 58.6 Å². The third kappa shape index (κ3) is 3.47. The first-order valence-corrected chi connectivity index (χ1v) is 6.75. The third-order valence-corrected chi connectivity index (χ3v) is 3.61. The first kappa shape index (κ1) is 14.3. The largest absolute Gasteiger partial charge is 0.384 e. The zero-order valence-corrected chi connectivity index (χ0v) is 11.6. The van der Waals surface area contributed by atoms with E-state index < -0.39 is 5.60 Å². The second-order valence-corrected chi connectivity index (χ2v) is 5.38. The van der Waals surface area contributed by atoms with Crippen LogP contribution in [0.2, 0.25) is 5.02 Å². The molecular formula is C14H18ClNO3. The molecule has 1 fully saturated rings. The van der Waals surface area contributed by atoms with E-state index in [0.29, 0.717) is 17.2 Å². The second-order valence-electron chi connectivity index (χ2n) is 4.97. The van der Waals surface area contributed by atoms with Gasteiger partial charge in [-0.25, -0.2) is 0 Å². The van der Waals surface area contributed by atoms with Crippen molar-refractivity contribution in [2.24, 2.45) is 0 Å². The molecule has 4 nitrogen and oxygen atoms in total. The Bertz CT molecular complexity index is 456. The molecule has 0 aliphatic carbocycles. The Hall–Kier alpha value is -1.10. The molecule has 2 N–H and O–H groups in total. The van der Waals surface area contributed by atoms with Crippen molar-refractivity contribution < 1.29 is 14.6 Å². The first-order chi connectivity index (χ1) is 9.00. The standard InChI is InChI=1S/C14H18ClNO3/c1-14(18,10-5-2-3-6-11(10)15)9-16-13(17)12-7-4-8-19-12/h2-3,5-6,12,18H,4,7-9H2,1H3,(H,16,17). The molecule has 0 aromatic heterocycles. The monoisotopic (exact) mass is 283 g/mol. The summed E-state index contributed by atoms with van der Waals surface area (Å²) in [7, 11) is 0. The zero-order chi connectivity index (χ0) is 13.9. The van der Waals surface area contributed by atoms with Crippen molar-refractivity contribution in [3.8, 4) is 0 Å². The van der Waals surface area contributed by atoms with E-state index in [1.165, 1.54) is 0 Å². The molecule has 0 radical (unpaired) electrons. The minimum Gasteiger partial charge on any atom is -0.384 e. The average molecular weight is 284 g/mol. The number of rotatable bonds is 4. The lowest BCUT2D eigenvalue weighted by Gasteiger charge is -2.25. The molecule has 2 unspecified atom stereocenters. The Morgan fingerprint density at radius 1 is 1.58 bits per heavy atom. The predicted molar refractivity (Wildman–Crippen MR) is 73.0 cm³/mol. The van der Waals surface area contributed by atoms with Gasteiger partial charge in [0.25, 0.3) is 0 Å². The Kier molecular flexibility index (Phi) is 4.45. The van der Waals surface area contributed by atoms with Crippen molar-refractivity contribution in [3.05, 3.63) is 34.9 Å². The van der Waals surface area contributed by atoms with E-state index in [2.05, 4.69) is 5.32 Å². The highest BCUT2D eigenvalue weighted by Gasteiger charge is 2.29. The minimum absolute atomic E-state index is 0.107. The maximum atomic E-state index is 11.8. The van der Waals surface area contributed by atoms with Crippen LogP contribution >= 0.6 is 11.6 Å². The number of benzene rings is 1. The lowest BCUT2D eigenvalue weighted by atomic mass is 9.96. The quantitative estimate of drug-likeness (QED) is 0.886. The summed E-state index contributed by atoms with van der Waals surface area (Å²) in [4.78, 5) is 11.8. The number of aliphatic hydroxyl groups is 1. The summed E-state index contributed by atoms with van der Waals surface area (Å²) in [6.07, 6.45) is 1.25. The van der Waals surface area contributed by atoms with Gasteiger partial charge in [0.15, 0.2) is 0 Å². The number of carbonyl (C=O) groups excluding carboxylic acids is 1. The van der Waals surface area contributed by atoms with Gasteiger partial charge in [0, 0.05) is 17.2 Å². The molecule has 5 heteroatoms. The Balaban J connectivity index is 1.97. The summed E-state index contributed by atoms with van der Waals surface area (Å²) in [6.45, 7) is 2.36. The van der Waals surface area contributed by atoms with E-state index in [9.17, 15) is 9.90 Å². The fraction of sp³-hybridized carbons (Fsp3) is 0.500. The van der Waals surface area contributed by atoms with Gasteiger partial charge in [-0.15, -0.1) is 0 Å². The van der Waals surface area contributed by atoms with Crippen LogP contribution in [0.5, 0.6) is 0 Å². The van der Waals surface area contributed by atoms with Crippen molar-refractivity contribution in [1.82, 2.24) is 5.32 Å². The number of nitrogens with one attached hydrogen (secondary N) is 1. The lowest BCUT2D eigenvalue weighted by Crippen LogP contribution is -2.42. The van der Waals surface area contributed by atoms with Gasteiger partial charge in [-0.2, -0.15) is 0 Å². The second kappa shape index (κ2) is 5.90. The third-order valence-electron chi connectivity index (χ3n) is 3.28. The molecule has 1 aromatic rings. The highest BCUT2D eigenvalue weighted by molar-refractivity contribution is 6.31. The molecule has 1 heterocycles. The highest BCUT2D eigenvalue weighted by atomic mass is 35.5. The average Bonchev–Trinajstić information content (AvgIpc) is 2.90. The predicted octanol–water partition coefficient (Wildman–Crippen LogP) is 1.84. The maximum Gasteiger partial charge on any atom is 0.249 e. The van der Waals surface area contributed by atoms with Gasteiger partial charge in [0.2, 0.25) is 5.91 Å². The Morgan fingerprint density at radius 2 is 2.32 bits per heavy atom. The van der Waals surface area contributed by atoms with Gasteiger partial charge in [-0.1, -0.05) is 29.8 Å². The Labute approximate surface area is 117 Å². The molecule has 2 atom stereocenters. The van der Waals surface area contributed by atoms with Crippen LogP contribution in [0.1, 0.15) is 25.3 Å². The molecule has 1 aliphatic heterocycles. The van der Waals surface area contributed by atoms with Gasteiger partial charge in [0.05, 0.1) is 6.54 Å². The van der Waals surface area contributed by atoms with Gasteiger partial charge < -0.3 is 15.2 Å². The van der Waals surface area contributed by atoms with E-state index in [1.54, 1.807) is 31.2 Å². The number of ether oxygens (including phenoxy) is 1. The van der Waals surface area contributed by atoms with Crippen LogP contribution in [0.25, 0.3) is 0 Å². The van der Waals surface area contributed by atoms with Crippen LogP contribution in [0.3, 0.4) is 0 Å². The minimum atomic E-state index is -1.20. The number of carbonyl (C=O) groups is 1. The van der Waals surface area contributed by atoms with Gasteiger partial charge in [-0.3, -0.25) is 4.79 Å². The molecule has 1 saturated heterocycles. The molecule has 0 spiro atoms. The fourth-order valence-electron chi connectivity index (χ4n) is 2.15. The number of amides is 1. The molecule has 19 heavy (non-hydrogen) atoms.